The number of carbonyl (C=O) groups is 2. The molecule has 1 aliphatic heterocycles. The summed E-state index contributed by atoms with van der Waals surface area (Å²) in [4.78, 5) is 35.6. The molecule has 1 saturated heterocycles. The van der Waals surface area contributed by atoms with E-state index in [4.69, 9.17) is 0 Å². The molecule has 24 heavy (non-hydrogen) atoms. The van der Waals surface area contributed by atoms with Crippen molar-refractivity contribution in [1.29, 1.82) is 0 Å². The van der Waals surface area contributed by atoms with Crippen LogP contribution in [0.15, 0.2) is 48.5 Å². The number of benzene rings is 2. The van der Waals surface area contributed by atoms with Gasteiger partial charge in [0, 0.05) is 17.8 Å². The smallest absolute Gasteiger partial charge is 0.271 e. The Hall–Kier alpha value is -3.29. The van der Waals surface area contributed by atoms with Crippen LogP contribution in [0.2, 0.25) is 0 Å². The van der Waals surface area contributed by atoms with Crippen LogP contribution in [-0.2, 0) is 9.59 Å². The van der Waals surface area contributed by atoms with Gasteiger partial charge in [-0.1, -0.05) is 18.2 Å². The van der Waals surface area contributed by atoms with Gasteiger partial charge in [-0.25, -0.2) is 9.29 Å². The van der Waals surface area contributed by atoms with Gasteiger partial charge >= 0.3 is 0 Å². The first-order valence-electron chi connectivity index (χ1n) is 7.09. The standard InChI is InChI=1S/C16H12FN3O4/c17-12-6-1-2-7-14(12)19-15(21)9-13(16(19)22)18-10-4-3-5-11(8-10)20(23)24/h1-8,13,18H,9H2/t13-/m1/s1. The summed E-state index contributed by atoms with van der Waals surface area (Å²) in [5.41, 5.74) is 0.101. The largest absolute Gasteiger partial charge is 0.373 e. The van der Waals surface area contributed by atoms with Crippen molar-refractivity contribution in [3.63, 3.8) is 0 Å². The van der Waals surface area contributed by atoms with Gasteiger partial charge in [0.05, 0.1) is 17.0 Å². The van der Waals surface area contributed by atoms with Gasteiger partial charge in [-0.05, 0) is 18.2 Å². The number of nitro groups is 1. The Morgan fingerprint density at radius 1 is 1.17 bits per heavy atom. The molecule has 1 N–H and O–H groups in total. The average molecular weight is 329 g/mol. The number of halogens is 1. The van der Waals surface area contributed by atoms with Crippen molar-refractivity contribution in [2.24, 2.45) is 0 Å². The van der Waals surface area contributed by atoms with Crippen molar-refractivity contribution < 1.29 is 18.9 Å². The van der Waals surface area contributed by atoms with Crippen LogP contribution >= 0.6 is 0 Å². The number of imide groups is 1. The molecule has 0 saturated carbocycles. The first-order chi connectivity index (χ1) is 11.5. The summed E-state index contributed by atoms with van der Waals surface area (Å²) < 4.78 is 13.8. The summed E-state index contributed by atoms with van der Waals surface area (Å²) in [5.74, 6) is -1.81. The fraction of sp³-hybridized carbons (Fsp3) is 0.125. The highest BCUT2D eigenvalue weighted by atomic mass is 19.1. The lowest BCUT2D eigenvalue weighted by atomic mass is 10.2. The van der Waals surface area contributed by atoms with E-state index in [9.17, 15) is 24.1 Å². The first kappa shape index (κ1) is 15.6. The fourth-order valence-electron chi connectivity index (χ4n) is 2.54. The Balaban J connectivity index is 1.83. The van der Waals surface area contributed by atoms with Gasteiger partial charge in [0.1, 0.15) is 11.9 Å². The van der Waals surface area contributed by atoms with Crippen molar-refractivity contribution >= 4 is 28.9 Å². The zero-order valence-corrected chi connectivity index (χ0v) is 12.3. The Morgan fingerprint density at radius 2 is 1.92 bits per heavy atom. The van der Waals surface area contributed by atoms with Crippen LogP contribution in [0.1, 0.15) is 6.42 Å². The van der Waals surface area contributed by atoms with Gasteiger partial charge in [-0.2, -0.15) is 0 Å². The number of nitrogens with zero attached hydrogens (tertiary/aromatic N) is 2. The van der Waals surface area contributed by atoms with Crippen molar-refractivity contribution in [1.82, 2.24) is 0 Å². The monoisotopic (exact) mass is 329 g/mol. The third-order valence-corrected chi connectivity index (χ3v) is 3.64. The van der Waals surface area contributed by atoms with Crippen LogP contribution in [0, 0.1) is 15.9 Å². The molecule has 2 aromatic rings. The lowest BCUT2D eigenvalue weighted by Crippen LogP contribution is -2.35. The molecule has 2 aromatic carbocycles. The van der Waals surface area contributed by atoms with E-state index in [0.717, 1.165) is 11.0 Å². The number of rotatable bonds is 4. The van der Waals surface area contributed by atoms with E-state index in [1.54, 1.807) is 6.07 Å². The number of non-ortho nitro benzene ring substituents is 1. The lowest BCUT2D eigenvalue weighted by molar-refractivity contribution is -0.384. The average Bonchev–Trinajstić information content (AvgIpc) is 2.82. The highest BCUT2D eigenvalue weighted by Gasteiger charge is 2.40. The molecule has 0 bridgehead atoms. The minimum atomic E-state index is -0.904. The summed E-state index contributed by atoms with van der Waals surface area (Å²) in [6.07, 6.45) is -0.157. The SMILES string of the molecule is O=C1C[C@@H](Nc2cccc([N+](=O)[O-])c2)C(=O)N1c1ccccc1F. The maximum atomic E-state index is 13.8. The molecule has 8 heteroatoms. The maximum Gasteiger partial charge on any atom is 0.271 e. The predicted molar refractivity (Wildman–Crippen MR) is 84.0 cm³/mol. The second-order valence-corrected chi connectivity index (χ2v) is 5.23. The second-order valence-electron chi connectivity index (χ2n) is 5.23. The van der Waals surface area contributed by atoms with Crippen LogP contribution in [0.5, 0.6) is 0 Å². The Kier molecular flexibility index (Phi) is 3.95. The Labute approximate surface area is 135 Å². The molecule has 2 amide bonds. The summed E-state index contributed by atoms with van der Waals surface area (Å²) in [5, 5.41) is 13.6. The van der Waals surface area contributed by atoms with Crippen LogP contribution in [-0.4, -0.2) is 22.8 Å². The molecular formula is C16H12FN3O4. The first-order valence-corrected chi connectivity index (χ1v) is 7.09. The molecular weight excluding hydrogens is 317 g/mol. The van der Waals surface area contributed by atoms with Crippen LogP contribution in [0.3, 0.4) is 0 Å². The number of anilines is 2. The van der Waals surface area contributed by atoms with E-state index in [1.807, 2.05) is 0 Å². The Morgan fingerprint density at radius 3 is 2.62 bits per heavy atom. The number of carbonyl (C=O) groups excluding carboxylic acids is 2. The van der Waals surface area contributed by atoms with Crippen molar-refractivity contribution in [2.45, 2.75) is 12.5 Å². The lowest BCUT2D eigenvalue weighted by Gasteiger charge is -2.16. The quantitative estimate of drug-likeness (QED) is 0.528. The summed E-state index contributed by atoms with van der Waals surface area (Å²) >= 11 is 0. The molecule has 1 atom stereocenters. The van der Waals surface area contributed by atoms with E-state index < -0.39 is 28.6 Å². The third-order valence-electron chi connectivity index (χ3n) is 3.64. The van der Waals surface area contributed by atoms with E-state index >= 15 is 0 Å². The second kappa shape index (κ2) is 6.07. The molecule has 0 spiro atoms. The molecule has 0 unspecified atom stereocenters. The van der Waals surface area contributed by atoms with Crippen molar-refractivity contribution in [3.8, 4) is 0 Å². The zero-order chi connectivity index (χ0) is 17.3. The number of nitrogens with one attached hydrogen (secondary N) is 1. The number of amides is 2. The maximum absolute atomic E-state index is 13.8. The molecule has 1 fully saturated rings. The highest BCUT2D eigenvalue weighted by molar-refractivity contribution is 6.23. The topological polar surface area (TPSA) is 92.5 Å². The summed E-state index contributed by atoms with van der Waals surface area (Å²) in [6.45, 7) is 0. The van der Waals surface area contributed by atoms with E-state index in [2.05, 4.69) is 5.32 Å². The zero-order valence-electron chi connectivity index (χ0n) is 12.3. The van der Waals surface area contributed by atoms with Crippen LogP contribution in [0.25, 0.3) is 0 Å². The third kappa shape index (κ3) is 2.81. The Bertz CT molecular complexity index is 840. The fourth-order valence-corrected chi connectivity index (χ4v) is 2.54. The van der Waals surface area contributed by atoms with Gasteiger partial charge in [0.25, 0.3) is 11.6 Å². The van der Waals surface area contributed by atoms with Crippen LogP contribution < -0.4 is 10.2 Å². The normalized spacial score (nSPS) is 17.2. The van der Waals surface area contributed by atoms with E-state index in [-0.39, 0.29) is 17.8 Å². The number of nitro benzene ring substituents is 1. The molecule has 1 aliphatic rings. The number of hydrogen-bond donors (Lipinski definition) is 1. The molecule has 0 aromatic heterocycles. The minimum absolute atomic E-state index is 0.101. The highest BCUT2D eigenvalue weighted by Crippen LogP contribution is 2.27. The molecule has 0 radical (unpaired) electrons. The minimum Gasteiger partial charge on any atom is -0.373 e. The van der Waals surface area contributed by atoms with Crippen molar-refractivity contribution in [3.05, 3.63) is 64.5 Å². The summed E-state index contributed by atoms with van der Waals surface area (Å²) in [7, 11) is 0. The molecule has 3 rings (SSSR count). The number of hydrogen-bond acceptors (Lipinski definition) is 5. The van der Waals surface area contributed by atoms with Gasteiger partial charge in [-0.15, -0.1) is 0 Å². The van der Waals surface area contributed by atoms with E-state index in [1.165, 1.54) is 36.4 Å². The molecule has 1 heterocycles. The molecule has 7 nitrogen and oxygen atoms in total. The molecule has 122 valence electrons. The van der Waals surface area contributed by atoms with Gasteiger partial charge in [-0.3, -0.25) is 19.7 Å². The van der Waals surface area contributed by atoms with Crippen molar-refractivity contribution in [2.75, 3.05) is 10.2 Å². The van der Waals surface area contributed by atoms with Gasteiger partial charge in [0.2, 0.25) is 5.91 Å². The molecule has 0 aliphatic carbocycles. The number of para-hydroxylation sites is 1. The van der Waals surface area contributed by atoms with Gasteiger partial charge in [0.15, 0.2) is 0 Å². The van der Waals surface area contributed by atoms with Gasteiger partial charge < -0.3 is 5.32 Å². The van der Waals surface area contributed by atoms with Crippen LogP contribution in [0.4, 0.5) is 21.5 Å². The summed E-state index contributed by atoms with van der Waals surface area (Å²) in [6, 6.07) is 10.2. The predicted octanol–water partition coefficient (Wildman–Crippen LogP) is 2.48. The van der Waals surface area contributed by atoms with E-state index in [0.29, 0.717) is 5.69 Å².